The molecule has 0 aliphatic rings. The van der Waals surface area contributed by atoms with E-state index in [1.165, 1.54) is 18.4 Å². The number of nitrogens with one attached hydrogen (secondary N) is 2. The summed E-state index contributed by atoms with van der Waals surface area (Å²) in [7, 11) is 1.52. The number of hydrogen-bond donors (Lipinski definition) is 2. The first-order valence-electron chi connectivity index (χ1n) is 7.68. The van der Waals surface area contributed by atoms with Gasteiger partial charge in [-0.25, -0.2) is 0 Å². The van der Waals surface area contributed by atoms with Crippen molar-refractivity contribution in [3.05, 3.63) is 39.7 Å². The number of amides is 2. The molecule has 0 aliphatic heterocycles. The molecule has 1 aromatic carbocycles. The first-order valence-corrected chi connectivity index (χ1v) is 8.88. The van der Waals surface area contributed by atoms with Crippen molar-refractivity contribution in [2.45, 2.75) is 27.7 Å². The highest BCUT2D eigenvalue weighted by molar-refractivity contribution is 7.18. The molecule has 5 nitrogen and oxygen atoms in total. The molecular formula is C18H21ClN2O3S. The summed E-state index contributed by atoms with van der Waals surface area (Å²) < 4.78 is 5.24. The Hall–Kier alpha value is -2.05. The fraction of sp³-hybridized carbons (Fsp3) is 0.333. The first kappa shape index (κ1) is 19.3. The van der Waals surface area contributed by atoms with Crippen LogP contribution in [0.5, 0.6) is 5.75 Å². The van der Waals surface area contributed by atoms with Gasteiger partial charge in [0.05, 0.1) is 22.7 Å². The Morgan fingerprint density at radius 3 is 2.44 bits per heavy atom. The number of aryl methyl sites for hydroxylation is 1. The molecule has 7 heteroatoms. The van der Waals surface area contributed by atoms with Crippen LogP contribution in [0.3, 0.4) is 0 Å². The Labute approximate surface area is 156 Å². The van der Waals surface area contributed by atoms with Gasteiger partial charge in [0.1, 0.15) is 5.75 Å². The van der Waals surface area contributed by atoms with Crippen LogP contribution in [0, 0.1) is 12.3 Å². The molecule has 0 aliphatic carbocycles. The van der Waals surface area contributed by atoms with E-state index < -0.39 is 5.41 Å². The average molecular weight is 381 g/mol. The number of thiophene rings is 1. The van der Waals surface area contributed by atoms with Gasteiger partial charge < -0.3 is 15.4 Å². The Morgan fingerprint density at radius 1 is 1.16 bits per heavy atom. The standard InChI is InChI=1S/C18H21ClN2O3S/c1-10-8-14(21-17(23)18(2,3)4)25-15(10)16(22)20-12-9-11(19)6-7-13(12)24-5/h6-9H,1-5H3,(H,20,22)(H,21,23). The number of carbonyl (C=O) groups is 2. The van der Waals surface area contributed by atoms with Gasteiger partial charge in [0.25, 0.3) is 5.91 Å². The van der Waals surface area contributed by atoms with Crippen LogP contribution in [0.2, 0.25) is 5.02 Å². The summed E-state index contributed by atoms with van der Waals surface area (Å²) in [5, 5.41) is 6.79. The number of ether oxygens (including phenoxy) is 1. The minimum atomic E-state index is -0.505. The summed E-state index contributed by atoms with van der Waals surface area (Å²) in [4.78, 5) is 25.2. The summed E-state index contributed by atoms with van der Waals surface area (Å²) in [6, 6.07) is 6.79. The largest absolute Gasteiger partial charge is 0.495 e. The average Bonchev–Trinajstić information content (AvgIpc) is 2.87. The topological polar surface area (TPSA) is 67.4 Å². The van der Waals surface area contributed by atoms with Crippen molar-refractivity contribution in [3.63, 3.8) is 0 Å². The van der Waals surface area contributed by atoms with Gasteiger partial charge in [-0.3, -0.25) is 9.59 Å². The Bertz CT molecular complexity index is 809. The van der Waals surface area contributed by atoms with Gasteiger partial charge in [-0.1, -0.05) is 32.4 Å². The minimum Gasteiger partial charge on any atom is -0.495 e. The highest BCUT2D eigenvalue weighted by Crippen LogP contribution is 2.32. The van der Waals surface area contributed by atoms with Gasteiger partial charge in [-0.05, 0) is 36.8 Å². The zero-order valence-electron chi connectivity index (χ0n) is 14.8. The van der Waals surface area contributed by atoms with Crippen molar-refractivity contribution < 1.29 is 14.3 Å². The van der Waals surface area contributed by atoms with E-state index in [2.05, 4.69) is 10.6 Å². The number of hydrogen-bond acceptors (Lipinski definition) is 4. The number of methoxy groups -OCH3 is 1. The summed E-state index contributed by atoms with van der Waals surface area (Å²) >= 11 is 7.22. The maximum absolute atomic E-state index is 12.6. The van der Waals surface area contributed by atoms with E-state index in [1.54, 1.807) is 24.3 Å². The molecule has 0 unspecified atom stereocenters. The van der Waals surface area contributed by atoms with Crippen molar-refractivity contribution in [1.29, 1.82) is 0 Å². The van der Waals surface area contributed by atoms with E-state index in [9.17, 15) is 9.59 Å². The predicted octanol–water partition coefficient (Wildman–Crippen LogP) is 4.96. The molecule has 2 rings (SSSR count). The van der Waals surface area contributed by atoms with Crippen molar-refractivity contribution in [2.24, 2.45) is 5.41 Å². The third-order valence-corrected chi connectivity index (χ3v) is 4.84. The Kier molecular flexibility index (Phi) is 5.75. The first-order chi connectivity index (χ1) is 11.6. The molecule has 1 heterocycles. The molecule has 1 aromatic heterocycles. The smallest absolute Gasteiger partial charge is 0.266 e. The highest BCUT2D eigenvalue weighted by atomic mass is 35.5. The predicted molar refractivity (Wildman–Crippen MR) is 103 cm³/mol. The second kappa shape index (κ2) is 7.45. The van der Waals surface area contributed by atoms with Crippen LogP contribution in [0.15, 0.2) is 24.3 Å². The van der Waals surface area contributed by atoms with E-state index in [-0.39, 0.29) is 11.8 Å². The monoisotopic (exact) mass is 380 g/mol. The number of halogens is 1. The lowest BCUT2D eigenvalue weighted by Gasteiger charge is -2.16. The molecule has 2 aromatic rings. The zero-order chi connectivity index (χ0) is 18.8. The second-order valence-corrected chi connectivity index (χ2v) is 8.11. The van der Waals surface area contributed by atoms with Gasteiger partial charge in [0, 0.05) is 10.4 Å². The Balaban J connectivity index is 2.21. The van der Waals surface area contributed by atoms with E-state index >= 15 is 0 Å². The molecule has 0 bridgehead atoms. The second-order valence-electron chi connectivity index (χ2n) is 6.63. The van der Waals surface area contributed by atoms with Crippen molar-refractivity contribution in [1.82, 2.24) is 0 Å². The van der Waals surface area contributed by atoms with E-state index in [1.807, 2.05) is 27.7 Å². The lowest BCUT2D eigenvalue weighted by Crippen LogP contribution is -2.27. The molecule has 2 N–H and O–H groups in total. The quantitative estimate of drug-likeness (QED) is 0.788. The summed E-state index contributed by atoms with van der Waals surface area (Å²) in [6.45, 7) is 7.33. The fourth-order valence-electron chi connectivity index (χ4n) is 2.03. The van der Waals surface area contributed by atoms with Gasteiger partial charge in [0.2, 0.25) is 5.91 Å². The lowest BCUT2D eigenvalue weighted by atomic mass is 9.96. The van der Waals surface area contributed by atoms with Crippen LogP contribution >= 0.6 is 22.9 Å². The summed E-state index contributed by atoms with van der Waals surface area (Å²) in [5.41, 5.74) is 0.773. The normalized spacial score (nSPS) is 11.1. The molecule has 0 saturated heterocycles. The van der Waals surface area contributed by atoms with Crippen molar-refractivity contribution in [3.8, 4) is 5.75 Å². The Morgan fingerprint density at radius 2 is 1.84 bits per heavy atom. The highest BCUT2D eigenvalue weighted by Gasteiger charge is 2.23. The van der Waals surface area contributed by atoms with Gasteiger partial charge in [-0.2, -0.15) is 0 Å². The number of benzene rings is 1. The maximum atomic E-state index is 12.6. The minimum absolute atomic E-state index is 0.0998. The fourth-order valence-corrected chi connectivity index (χ4v) is 3.16. The summed E-state index contributed by atoms with van der Waals surface area (Å²) in [6.07, 6.45) is 0. The van der Waals surface area contributed by atoms with Crippen LogP contribution < -0.4 is 15.4 Å². The number of anilines is 2. The van der Waals surface area contributed by atoms with Crippen LogP contribution in [-0.2, 0) is 4.79 Å². The molecule has 0 fully saturated rings. The van der Waals surface area contributed by atoms with Crippen LogP contribution in [0.4, 0.5) is 10.7 Å². The third-order valence-electron chi connectivity index (χ3n) is 3.45. The molecule has 2 amide bonds. The summed E-state index contributed by atoms with van der Waals surface area (Å²) in [5.74, 6) is 0.143. The molecule has 0 radical (unpaired) electrons. The number of carbonyl (C=O) groups excluding carboxylic acids is 2. The van der Waals surface area contributed by atoms with Crippen LogP contribution in [0.1, 0.15) is 36.0 Å². The van der Waals surface area contributed by atoms with E-state index in [0.29, 0.717) is 26.3 Å². The van der Waals surface area contributed by atoms with Crippen molar-refractivity contribution >= 4 is 45.4 Å². The maximum Gasteiger partial charge on any atom is 0.266 e. The van der Waals surface area contributed by atoms with Gasteiger partial charge in [0.15, 0.2) is 0 Å². The van der Waals surface area contributed by atoms with Crippen molar-refractivity contribution in [2.75, 3.05) is 17.7 Å². The van der Waals surface area contributed by atoms with E-state index in [0.717, 1.165) is 5.56 Å². The molecule has 0 saturated carbocycles. The molecule has 0 spiro atoms. The number of rotatable bonds is 4. The van der Waals surface area contributed by atoms with Gasteiger partial charge >= 0.3 is 0 Å². The molecular weight excluding hydrogens is 360 g/mol. The van der Waals surface area contributed by atoms with E-state index in [4.69, 9.17) is 16.3 Å². The molecule has 25 heavy (non-hydrogen) atoms. The SMILES string of the molecule is COc1ccc(Cl)cc1NC(=O)c1sc(NC(=O)C(C)(C)C)cc1C. The third kappa shape index (κ3) is 4.74. The van der Waals surface area contributed by atoms with Gasteiger partial charge in [-0.15, -0.1) is 11.3 Å². The lowest BCUT2D eigenvalue weighted by molar-refractivity contribution is -0.123. The zero-order valence-corrected chi connectivity index (χ0v) is 16.4. The van der Waals surface area contributed by atoms with Crippen LogP contribution in [0.25, 0.3) is 0 Å². The van der Waals surface area contributed by atoms with Crippen LogP contribution in [-0.4, -0.2) is 18.9 Å². The molecule has 134 valence electrons. The molecule has 0 atom stereocenters.